The van der Waals surface area contributed by atoms with Gasteiger partial charge in [-0.1, -0.05) is 55.3 Å². The van der Waals surface area contributed by atoms with E-state index in [0.717, 1.165) is 31.2 Å². The number of nitrogens with zero attached hydrogens (tertiary/aromatic N) is 4. The summed E-state index contributed by atoms with van der Waals surface area (Å²) in [6.45, 7) is 0.403. The molecule has 0 aliphatic heterocycles. The van der Waals surface area contributed by atoms with E-state index in [0.29, 0.717) is 23.3 Å². The van der Waals surface area contributed by atoms with Crippen LogP contribution in [0.15, 0.2) is 70.5 Å². The van der Waals surface area contributed by atoms with Crippen LogP contribution in [0.25, 0.3) is 11.2 Å². The summed E-state index contributed by atoms with van der Waals surface area (Å²) in [4.78, 5) is 31.4. The van der Waals surface area contributed by atoms with Gasteiger partial charge in [0, 0.05) is 6.04 Å². The number of aromatic nitrogens is 4. The normalized spacial score (nSPS) is 14.5. The van der Waals surface area contributed by atoms with Gasteiger partial charge in [-0.25, -0.2) is 14.2 Å². The molecule has 1 saturated carbocycles. The van der Waals surface area contributed by atoms with Crippen molar-refractivity contribution in [3.05, 3.63) is 98.7 Å². The third-order valence-electron chi connectivity index (χ3n) is 6.10. The van der Waals surface area contributed by atoms with Gasteiger partial charge in [-0.3, -0.25) is 13.9 Å². The van der Waals surface area contributed by atoms with Crippen LogP contribution in [-0.2, 0) is 13.1 Å². The lowest BCUT2D eigenvalue weighted by Crippen LogP contribution is -2.41. The zero-order valence-electron chi connectivity index (χ0n) is 17.1. The molecule has 158 valence electrons. The van der Waals surface area contributed by atoms with Gasteiger partial charge in [-0.2, -0.15) is 0 Å². The lowest BCUT2D eigenvalue weighted by atomic mass is 10.2. The van der Waals surface area contributed by atoms with Crippen molar-refractivity contribution in [3.8, 4) is 0 Å². The molecule has 0 bridgehead atoms. The van der Waals surface area contributed by atoms with Crippen LogP contribution in [0.2, 0.25) is 0 Å². The zero-order valence-corrected chi connectivity index (χ0v) is 17.1. The third-order valence-corrected chi connectivity index (χ3v) is 6.10. The Morgan fingerprint density at radius 2 is 1.52 bits per heavy atom. The Kier molecular flexibility index (Phi) is 5.02. The highest BCUT2D eigenvalue weighted by Gasteiger charge is 2.24. The second-order valence-electron chi connectivity index (χ2n) is 8.13. The molecular weight excluding hydrogens is 395 g/mol. The molecule has 0 atom stereocenters. The number of hydrogen-bond acceptors (Lipinski definition) is 3. The molecule has 0 unspecified atom stereocenters. The van der Waals surface area contributed by atoms with Crippen molar-refractivity contribution in [1.82, 2.24) is 18.7 Å². The number of benzene rings is 2. The quantitative estimate of drug-likeness (QED) is 0.496. The van der Waals surface area contributed by atoms with Crippen LogP contribution in [0.5, 0.6) is 0 Å². The van der Waals surface area contributed by atoms with E-state index >= 15 is 0 Å². The molecule has 1 aliphatic rings. The largest absolute Gasteiger partial charge is 0.333 e. The molecule has 4 aromatic rings. The van der Waals surface area contributed by atoms with Gasteiger partial charge in [-0.15, -0.1) is 0 Å². The van der Waals surface area contributed by atoms with Gasteiger partial charge in [0.2, 0.25) is 0 Å². The van der Waals surface area contributed by atoms with E-state index in [9.17, 15) is 14.0 Å². The van der Waals surface area contributed by atoms with E-state index in [-0.39, 0.29) is 24.0 Å². The Labute approximate surface area is 178 Å². The molecule has 2 aromatic carbocycles. The van der Waals surface area contributed by atoms with Gasteiger partial charge in [0.15, 0.2) is 11.2 Å². The lowest BCUT2D eigenvalue weighted by Gasteiger charge is -2.15. The zero-order chi connectivity index (χ0) is 21.4. The molecule has 2 heterocycles. The smallest absolute Gasteiger partial charge is 0.322 e. The molecule has 31 heavy (non-hydrogen) atoms. The van der Waals surface area contributed by atoms with Gasteiger partial charge in [-0.05, 0) is 36.1 Å². The highest BCUT2D eigenvalue weighted by Crippen LogP contribution is 2.31. The van der Waals surface area contributed by atoms with E-state index in [1.54, 1.807) is 23.0 Å². The molecule has 5 rings (SSSR count). The van der Waals surface area contributed by atoms with Crippen LogP contribution >= 0.6 is 0 Å². The maximum absolute atomic E-state index is 13.5. The Morgan fingerprint density at radius 3 is 2.23 bits per heavy atom. The first kappa shape index (κ1) is 19.5. The fourth-order valence-corrected chi connectivity index (χ4v) is 4.49. The fraction of sp³-hybridized carbons (Fsp3) is 0.292. The minimum atomic E-state index is -0.414. The number of fused-ring (bicyclic) bond motifs is 1. The second kappa shape index (κ2) is 7.98. The lowest BCUT2D eigenvalue weighted by molar-refractivity contribution is 0.527. The molecule has 0 spiro atoms. The number of halogens is 1. The standard InChI is InChI=1S/C24H23FN4O2/c25-19-12-10-18(11-13-19)15-28-23(30)21-22(26-16-29(21)20-8-4-5-9-20)27(24(28)31)14-17-6-2-1-3-7-17/h1-3,6-7,10-13,16,20H,4-5,8-9,14-15H2. The van der Waals surface area contributed by atoms with Gasteiger partial charge in [0.1, 0.15) is 5.82 Å². The topological polar surface area (TPSA) is 61.8 Å². The van der Waals surface area contributed by atoms with Crippen LogP contribution in [-0.4, -0.2) is 18.7 Å². The van der Waals surface area contributed by atoms with Crippen molar-refractivity contribution in [3.63, 3.8) is 0 Å². The van der Waals surface area contributed by atoms with Gasteiger partial charge >= 0.3 is 5.69 Å². The van der Waals surface area contributed by atoms with Crippen molar-refractivity contribution in [1.29, 1.82) is 0 Å². The van der Waals surface area contributed by atoms with E-state index in [4.69, 9.17) is 0 Å². The second-order valence-corrected chi connectivity index (χ2v) is 8.13. The third kappa shape index (κ3) is 3.60. The van der Waals surface area contributed by atoms with Crippen molar-refractivity contribution < 1.29 is 4.39 Å². The van der Waals surface area contributed by atoms with E-state index in [1.807, 2.05) is 34.9 Å². The SMILES string of the molecule is O=c1c2c(ncn2C2CCCC2)n(Cc2ccccc2)c(=O)n1Cc1ccc(F)cc1. The Balaban J connectivity index is 1.71. The molecule has 0 N–H and O–H groups in total. The molecule has 1 fully saturated rings. The molecule has 0 radical (unpaired) electrons. The molecule has 0 saturated heterocycles. The van der Waals surface area contributed by atoms with E-state index in [1.165, 1.54) is 16.7 Å². The molecule has 1 aliphatic carbocycles. The minimum absolute atomic E-state index is 0.0819. The monoisotopic (exact) mass is 418 g/mol. The molecule has 6 nitrogen and oxygen atoms in total. The average Bonchev–Trinajstić information content (AvgIpc) is 3.46. The number of hydrogen-bond donors (Lipinski definition) is 0. The summed E-state index contributed by atoms with van der Waals surface area (Å²) in [6, 6.07) is 15.7. The maximum Gasteiger partial charge on any atom is 0.333 e. The van der Waals surface area contributed by atoms with E-state index in [2.05, 4.69) is 4.98 Å². The molecule has 2 aromatic heterocycles. The van der Waals surface area contributed by atoms with Crippen molar-refractivity contribution >= 4 is 11.2 Å². The first-order valence-corrected chi connectivity index (χ1v) is 10.6. The molecule has 7 heteroatoms. The molecular formula is C24H23FN4O2. The van der Waals surface area contributed by atoms with Crippen LogP contribution < -0.4 is 11.2 Å². The fourth-order valence-electron chi connectivity index (χ4n) is 4.49. The van der Waals surface area contributed by atoms with Crippen molar-refractivity contribution in [2.75, 3.05) is 0 Å². The summed E-state index contributed by atoms with van der Waals surface area (Å²) in [7, 11) is 0. The molecule has 0 amide bonds. The van der Waals surface area contributed by atoms with E-state index < -0.39 is 5.69 Å². The maximum atomic E-state index is 13.5. The number of imidazole rings is 1. The average molecular weight is 418 g/mol. The summed E-state index contributed by atoms with van der Waals surface area (Å²) in [5.74, 6) is -0.354. The summed E-state index contributed by atoms with van der Waals surface area (Å²) in [5.41, 5.74) is 1.76. The Hall–Kier alpha value is -3.48. The van der Waals surface area contributed by atoms with Gasteiger partial charge in [0.25, 0.3) is 5.56 Å². The summed E-state index contributed by atoms with van der Waals surface area (Å²) < 4.78 is 18.1. The van der Waals surface area contributed by atoms with Crippen LogP contribution in [0.4, 0.5) is 4.39 Å². The number of rotatable bonds is 5. The first-order valence-electron chi connectivity index (χ1n) is 10.6. The highest BCUT2D eigenvalue weighted by molar-refractivity contribution is 5.70. The van der Waals surface area contributed by atoms with Crippen LogP contribution in [0.1, 0.15) is 42.9 Å². The Morgan fingerprint density at radius 1 is 0.871 bits per heavy atom. The summed E-state index contributed by atoms with van der Waals surface area (Å²) >= 11 is 0. The first-order chi connectivity index (χ1) is 15.1. The Bertz CT molecular complexity index is 1330. The van der Waals surface area contributed by atoms with Crippen LogP contribution in [0.3, 0.4) is 0 Å². The predicted molar refractivity (Wildman–Crippen MR) is 117 cm³/mol. The summed E-state index contributed by atoms with van der Waals surface area (Å²) in [6.07, 6.45) is 5.95. The predicted octanol–water partition coefficient (Wildman–Crippen LogP) is 3.71. The van der Waals surface area contributed by atoms with Crippen molar-refractivity contribution in [2.45, 2.75) is 44.8 Å². The summed E-state index contributed by atoms with van der Waals surface area (Å²) in [5, 5.41) is 0. The highest BCUT2D eigenvalue weighted by atomic mass is 19.1. The van der Waals surface area contributed by atoms with Gasteiger partial charge in [0.05, 0.1) is 19.4 Å². The van der Waals surface area contributed by atoms with Crippen molar-refractivity contribution in [2.24, 2.45) is 0 Å². The minimum Gasteiger partial charge on any atom is -0.322 e. The van der Waals surface area contributed by atoms with Crippen LogP contribution in [0, 0.1) is 5.82 Å². The van der Waals surface area contributed by atoms with Gasteiger partial charge < -0.3 is 4.57 Å².